The lowest BCUT2D eigenvalue weighted by Gasteiger charge is -2.06. The SMILES string of the molecule is Cc1cc(O)n2c(nc3ccccc32)c1C(N)=O. The van der Waals surface area contributed by atoms with E-state index in [2.05, 4.69) is 4.98 Å². The number of aromatic hydroxyl groups is 1. The smallest absolute Gasteiger partial charge is 0.252 e. The molecule has 0 saturated carbocycles. The van der Waals surface area contributed by atoms with E-state index in [4.69, 9.17) is 5.73 Å². The maximum atomic E-state index is 11.5. The van der Waals surface area contributed by atoms with Crippen LogP contribution in [-0.4, -0.2) is 20.4 Å². The molecule has 0 atom stereocenters. The fourth-order valence-corrected chi connectivity index (χ4v) is 2.24. The van der Waals surface area contributed by atoms with Crippen molar-refractivity contribution in [1.29, 1.82) is 0 Å². The molecule has 0 spiro atoms. The molecule has 2 aromatic heterocycles. The van der Waals surface area contributed by atoms with E-state index >= 15 is 0 Å². The number of amides is 1. The highest BCUT2D eigenvalue weighted by atomic mass is 16.3. The van der Waals surface area contributed by atoms with Crippen molar-refractivity contribution >= 4 is 22.6 Å². The molecule has 5 nitrogen and oxygen atoms in total. The molecule has 3 N–H and O–H groups in total. The van der Waals surface area contributed by atoms with Crippen LogP contribution in [0, 0.1) is 6.92 Å². The van der Waals surface area contributed by atoms with Gasteiger partial charge < -0.3 is 10.8 Å². The Morgan fingerprint density at radius 2 is 2.11 bits per heavy atom. The van der Waals surface area contributed by atoms with Crippen LogP contribution in [0.15, 0.2) is 30.3 Å². The second-order valence-electron chi connectivity index (χ2n) is 4.18. The Hall–Kier alpha value is -2.56. The standard InChI is InChI=1S/C13H11N3O2/c1-7-6-10(17)16-9-5-3-2-4-8(9)15-13(16)11(7)12(14)18/h2-6,17H,1H3,(H2,14,18). The van der Waals surface area contributed by atoms with Crippen LogP contribution in [-0.2, 0) is 0 Å². The summed E-state index contributed by atoms with van der Waals surface area (Å²) in [7, 11) is 0. The normalized spacial score (nSPS) is 11.2. The van der Waals surface area contributed by atoms with Crippen molar-refractivity contribution in [1.82, 2.24) is 9.38 Å². The molecule has 0 aliphatic heterocycles. The summed E-state index contributed by atoms with van der Waals surface area (Å²) in [5, 5.41) is 10.0. The first-order chi connectivity index (χ1) is 8.59. The summed E-state index contributed by atoms with van der Waals surface area (Å²) in [4.78, 5) is 15.9. The lowest BCUT2D eigenvalue weighted by atomic mass is 10.1. The largest absolute Gasteiger partial charge is 0.494 e. The van der Waals surface area contributed by atoms with E-state index in [9.17, 15) is 9.90 Å². The van der Waals surface area contributed by atoms with E-state index in [0.717, 1.165) is 5.52 Å². The predicted octanol–water partition coefficient (Wildman–Crippen LogP) is 1.60. The minimum Gasteiger partial charge on any atom is -0.494 e. The van der Waals surface area contributed by atoms with Gasteiger partial charge in [-0.05, 0) is 24.6 Å². The second-order valence-corrected chi connectivity index (χ2v) is 4.18. The molecule has 0 aliphatic carbocycles. The van der Waals surface area contributed by atoms with Crippen LogP contribution in [0.25, 0.3) is 16.7 Å². The number of hydrogen-bond acceptors (Lipinski definition) is 3. The minimum absolute atomic E-state index is 0.0428. The Kier molecular flexibility index (Phi) is 2.04. The number of aromatic nitrogens is 2. The minimum atomic E-state index is -0.548. The van der Waals surface area contributed by atoms with Gasteiger partial charge in [0.1, 0.15) is 0 Å². The number of benzene rings is 1. The van der Waals surface area contributed by atoms with Gasteiger partial charge in [-0.1, -0.05) is 12.1 Å². The number of nitrogens with zero attached hydrogens (tertiary/aromatic N) is 2. The van der Waals surface area contributed by atoms with E-state index in [0.29, 0.717) is 22.3 Å². The maximum Gasteiger partial charge on any atom is 0.252 e. The summed E-state index contributed by atoms with van der Waals surface area (Å²) in [5.41, 5.74) is 8.17. The highest BCUT2D eigenvalue weighted by Gasteiger charge is 2.17. The number of primary amides is 1. The Morgan fingerprint density at radius 1 is 1.39 bits per heavy atom. The van der Waals surface area contributed by atoms with Crippen molar-refractivity contribution in [2.75, 3.05) is 0 Å². The molecule has 0 unspecified atom stereocenters. The molecule has 18 heavy (non-hydrogen) atoms. The van der Waals surface area contributed by atoms with Crippen LogP contribution in [0.2, 0.25) is 0 Å². The summed E-state index contributed by atoms with van der Waals surface area (Å²) in [6, 6.07) is 8.86. The summed E-state index contributed by atoms with van der Waals surface area (Å²) < 4.78 is 1.53. The van der Waals surface area contributed by atoms with Gasteiger partial charge in [-0.2, -0.15) is 0 Å². The topological polar surface area (TPSA) is 80.6 Å². The molecule has 0 aliphatic rings. The maximum absolute atomic E-state index is 11.5. The molecule has 0 fully saturated rings. The van der Waals surface area contributed by atoms with Gasteiger partial charge in [-0.15, -0.1) is 0 Å². The molecule has 5 heteroatoms. The first kappa shape index (κ1) is 10.6. The highest BCUT2D eigenvalue weighted by molar-refractivity contribution is 6.02. The van der Waals surface area contributed by atoms with Gasteiger partial charge >= 0.3 is 0 Å². The van der Waals surface area contributed by atoms with Gasteiger partial charge in [0.15, 0.2) is 11.5 Å². The third-order valence-corrected chi connectivity index (χ3v) is 3.00. The zero-order valence-corrected chi connectivity index (χ0v) is 9.71. The van der Waals surface area contributed by atoms with E-state index in [-0.39, 0.29) is 5.88 Å². The van der Waals surface area contributed by atoms with Crippen LogP contribution < -0.4 is 5.73 Å². The molecule has 90 valence electrons. The van der Waals surface area contributed by atoms with Crippen molar-refractivity contribution in [3.8, 4) is 5.88 Å². The molecule has 0 bridgehead atoms. The van der Waals surface area contributed by atoms with Crippen molar-refractivity contribution in [2.45, 2.75) is 6.92 Å². The Morgan fingerprint density at radius 3 is 2.83 bits per heavy atom. The molecular formula is C13H11N3O2. The predicted molar refractivity (Wildman–Crippen MR) is 67.6 cm³/mol. The summed E-state index contributed by atoms with van der Waals surface area (Å²) >= 11 is 0. The average molecular weight is 241 g/mol. The van der Waals surface area contributed by atoms with Crippen LogP contribution in [0.3, 0.4) is 0 Å². The number of nitrogens with two attached hydrogens (primary N) is 1. The summed E-state index contributed by atoms with van der Waals surface area (Å²) in [6.45, 7) is 1.72. The molecule has 0 saturated heterocycles. The number of rotatable bonds is 1. The monoisotopic (exact) mass is 241 g/mol. The highest BCUT2D eigenvalue weighted by Crippen LogP contribution is 2.26. The van der Waals surface area contributed by atoms with Crippen molar-refractivity contribution in [2.24, 2.45) is 5.73 Å². The summed E-state index contributed by atoms with van der Waals surface area (Å²) in [6.07, 6.45) is 0. The lowest BCUT2D eigenvalue weighted by molar-refractivity contribution is 0.100. The van der Waals surface area contributed by atoms with Crippen molar-refractivity contribution in [3.05, 3.63) is 41.5 Å². The fraction of sp³-hybridized carbons (Fsp3) is 0.0769. The molecule has 0 radical (unpaired) electrons. The first-order valence-electron chi connectivity index (χ1n) is 5.49. The second kappa shape index (κ2) is 3.46. The fourth-order valence-electron chi connectivity index (χ4n) is 2.24. The van der Waals surface area contributed by atoms with Crippen LogP contribution in [0.1, 0.15) is 15.9 Å². The van der Waals surface area contributed by atoms with Crippen molar-refractivity contribution < 1.29 is 9.90 Å². The van der Waals surface area contributed by atoms with Gasteiger partial charge in [0, 0.05) is 6.07 Å². The number of imidazole rings is 1. The number of fused-ring (bicyclic) bond motifs is 3. The van der Waals surface area contributed by atoms with Gasteiger partial charge in [-0.3, -0.25) is 9.20 Å². The molecular weight excluding hydrogens is 230 g/mol. The van der Waals surface area contributed by atoms with Crippen molar-refractivity contribution in [3.63, 3.8) is 0 Å². The van der Waals surface area contributed by atoms with Gasteiger partial charge in [0.05, 0.1) is 16.6 Å². The van der Waals surface area contributed by atoms with E-state index in [1.165, 1.54) is 10.5 Å². The van der Waals surface area contributed by atoms with Gasteiger partial charge in [-0.25, -0.2) is 4.98 Å². The van der Waals surface area contributed by atoms with Crippen LogP contribution in [0.4, 0.5) is 0 Å². The van der Waals surface area contributed by atoms with E-state index < -0.39 is 5.91 Å². The molecule has 3 aromatic rings. The Balaban J connectivity index is 2.61. The van der Waals surface area contributed by atoms with Gasteiger partial charge in [0.25, 0.3) is 5.91 Å². The molecule has 1 aromatic carbocycles. The van der Waals surface area contributed by atoms with Crippen LogP contribution >= 0.6 is 0 Å². The number of para-hydroxylation sites is 2. The average Bonchev–Trinajstić information content (AvgIpc) is 2.66. The zero-order chi connectivity index (χ0) is 12.9. The molecule has 3 rings (SSSR count). The summed E-state index contributed by atoms with van der Waals surface area (Å²) in [5.74, 6) is -0.506. The number of aryl methyl sites for hydroxylation is 1. The first-order valence-corrected chi connectivity index (χ1v) is 5.49. The molecule has 2 heterocycles. The Labute approximate surface area is 102 Å². The quantitative estimate of drug-likeness (QED) is 0.679. The molecule has 1 amide bonds. The van der Waals surface area contributed by atoms with E-state index in [1.807, 2.05) is 24.3 Å². The number of carbonyl (C=O) groups is 1. The van der Waals surface area contributed by atoms with Crippen LogP contribution in [0.5, 0.6) is 5.88 Å². The number of carbonyl (C=O) groups excluding carboxylic acids is 1. The number of pyridine rings is 1. The zero-order valence-electron chi connectivity index (χ0n) is 9.71. The lowest BCUT2D eigenvalue weighted by Crippen LogP contribution is -2.14. The third-order valence-electron chi connectivity index (χ3n) is 3.00. The van der Waals surface area contributed by atoms with Gasteiger partial charge in [0.2, 0.25) is 0 Å². The van der Waals surface area contributed by atoms with E-state index in [1.54, 1.807) is 6.92 Å². The third kappa shape index (κ3) is 1.27. The Bertz CT molecular complexity index is 790. The number of hydrogen-bond donors (Lipinski definition) is 2.